The van der Waals surface area contributed by atoms with Crippen LogP contribution in [-0.4, -0.2) is 54.0 Å². The highest BCUT2D eigenvalue weighted by molar-refractivity contribution is 5.92. The summed E-state index contributed by atoms with van der Waals surface area (Å²) in [6.45, 7) is 1.18. The van der Waals surface area contributed by atoms with Crippen molar-refractivity contribution >= 4 is 11.8 Å². The van der Waals surface area contributed by atoms with E-state index in [1.807, 2.05) is 11.9 Å². The average molecular weight is 318 g/mol. The van der Waals surface area contributed by atoms with Crippen molar-refractivity contribution in [3.05, 3.63) is 29.7 Å². The molecular formula is C14H18N6O3. The molecule has 2 N–H and O–H groups in total. The van der Waals surface area contributed by atoms with E-state index in [0.29, 0.717) is 18.2 Å². The molecule has 23 heavy (non-hydrogen) atoms. The first kappa shape index (κ1) is 15.3. The van der Waals surface area contributed by atoms with Gasteiger partial charge in [0, 0.05) is 32.3 Å². The normalized spacial score (nSPS) is 18.2. The van der Waals surface area contributed by atoms with Crippen LogP contribution in [0.25, 0.3) is 0 Å². The minimum Gasteiger partial charge on any atom is -0.477 e. The third kappa shape index (κ3) is 2.87. The van der Waals surface area contributed by atoms with Gasteiger partial charge >= 0.3 is 5.97 Å². The predicted molar refractivity (Wildman–Crippen MR) is 80.1 cm³/mol. The van der Waals surface area contributed by atoms with Crippen LogP contribution in [0.3, 0.4) is 0 Å². The van der Waals surface area contributed by atoms with E-state index in [1.165, 1.54) is 12.5 Å². The Labute approximate surface area is 132 Å². The van der Waals surface area contributed by atoms with Crippen molar-refractivity contribution < 1.29 is 15.0 Å². The molecule has 3 heterocycles. The molecular weight excluding hydrogens is 300 g/mol. The molecule has 0 amide bonds. The molecule has 1 aliphatic rings. The number of aliphatic hydroxyl groups excluding tert-OH is 1. The van der Waals surface area contributed by atoms with Crippen LogP contribution in [0, 0.1) is 0 Å². The summed E-state index contributed by atoms with van der Waals surface area (Å²) in [4.78, 5) is 21.2. The summed E-state index contributed by atoms with van der Waals surface area (Å²) in [5.74, 6) is 0.818. The molecule has 0 bridgehead atoms. The number of aliphatic hydroxyl groups is 1. The summed E-state index contributed by atoms with van der Waals surface area (Å²) in [6.07, 6.45) is 4.51. The Morgan fingerprint density at radius 1 is 1.43 bits per heavy atom. The fraction of sp³-hybridized carbons (Fsp3) is 0.500. The summed E-state index contributed by atoms with van der Waals surface area (Å²) >= 11 is 0. The molecule has 1 saturated heterocycles. The molecule has 1 fully saturated rings. The fourth-order valence-electron chi connectivity index (χ4n) is 2.97. The summed E-state index contributed by atoms with van der Waals surface area (Å²) < 4.78 is 1.80. The molecule has 0 unspecified atom stereocenters. The van der Waals surface area contributed by atoms with Crippen molar-refractivity contribution in [3.63, 3.8) is 0 Å². The van der Waals surface area contributed by atoms with Gasteiger partial charge in [0.2, 0.25) is 0 Å². The molecule has 9 nitrogen and oxygen atoms in total. The molecule has 0 spiro atoms. The number of rotatable bonds is 4. The molecule has 1 atom stereocenters. The van der Waals surface area contributed by atoms with Crippen LogP contribution < -0.4 is 4.90 Å². The van der Waals surface area contributed by atoms with Crippen molar-refractivity contribution in [2.75, 3.05) is 18.0 Å². The fourth-order valence-corrected chi connectivity index (χ4v) is 2.97. The van der Waals surface area contributed by atoms with Crippen LogP contribution in [0.1, 0.15) is 40.8 Å². The first-order chi connectivity index (χ1) is 11.1. The second-order valence-corrected chi connectivity index (χ2v) is 5.54. The quantitative estimate of drug-likeness (QED) is 0.820. The van der Waals surface area contributed by atoms with Gasteiger partial charge in [-0.15, -0.1) is 10.2 Å². The Morgan fingerprint density at radius 3 is 2.96 bits per heavy atom. The molecule has 0 aliphatic carbocycles. The van der Waals surface area contributed by atoms with E-state index in [-0.39, 0.29) is 18.1 Å². The number of carboxylic acid groups (broad SMARTS) is 1. The van der Waals surface area contributed by atoms with Crippen molar-refractivity contribution in [1.29, 1.82) is 0 Å². The molecule has 0 aromatic carbocycles. The summed E-state index contributed by atoms with van der Waals surface area (Å²) in [5, 5.41) is 26.7. The van der Waals surface area contributed by atoms with E-state index in [0.717, 1.165) is 25.2 Å². The van der Waals surface area contributed by atoms with E-state index >= 15 is 0 Å². The molecule has 3 rings (SSSR count). The second-order valence-electron chi connectivity index (χ2n) is 5.54. The van der Waals surface area contributed by atoms with E-state index in [4.69, 9.17) is 0 Å². The second kappa shape index (κ2) is 6.29. The lowest BCUT2D eigenvalue weighted by molar-refractivity contribution is 0.0696. The van der Waals surface area contributed by atoms with Crippen molar-refractivity contribution in [2.24, 2.45) is 7.05 Å². The number of aromatic nitrogens is 5. The van der Waals surface area contributed by atoms with Gasteiger partial charge < -0.3 is 19.7 Å². The Balaban J connectivity index is 1.87. The summed E-state index contributed by atoms with van der Waals surface area (Å²) in [5.41, 5.74) is 0.0992. The number of anilines is 1. The molecule has 1 aliphatic heterocycles. The molecule has 122 valence electrons. The zero-order chi connectivity index (χ0) is 16.4. The third-order valence-corrected chi connectivity index (χ3v) is 4.15. The largest absolute Gasteiger partial charge is 0.477 e. The molecule has 0 saturated carbocycles. The standard InChI is InChI=1S/C14H18N6O3/c1-19-11(7-21)17-18-12(19)9-3-2-4-20(6-9)13-10(14(22)23)5-15-8-16-13/h5,8-9,21H,2-4,6-7H2,1H3,(H,22,23)/t9-/m0/s1. The lowest BCUT2D eigenvalue weighted by atomic mass is 9.97. The molecule has 0 radical (unpaired) electrons. The van der Waals surface area contributed by atoms with E-state index < -0.39 is 5.97 Å². The number of nitrogens with zero attached hydrogens (tertiary/aromatic N) is 6. The Bertz CT molecular complexity index is 716. The van der Waals surface area contributed by atoms with Gasteiger partial charge in [0.25, 0.3) is 0 Å². The summed E-state index contributed by atoms with van der Waals surface area (Å²) in [7, 11) is 1.83. The monoisotopic (exact) mass is 318 g/mol. The minimum absolute atomic E-state index is 0.0992. The Hall–Kier alpha value is -2.55. The van der Waals surface area contributed by atoms with Gasteiger partial charge in [-0.25, -0.2) is 14.8 Å². The molecule has 2 aromatic rings. The number of piperidine rings is 1. The number of carbonyl (C=O) groups is 1. The maximum absolute atomic E-state index is 11.4. The lowest BCUT2D eigenvalue weighted by Crippen LogP contribution is -2.37. The van der Waals surface area contributed by atoms with Crippen LogP contribution in [0.4, 0.5) is 5.82 Å². The molecule has 2 aromatic heterocycles. The number of hydrogen-bond donors (Lipinski definition) is 2. The van der Waals surface area contributed by atoms with Gasteiger partial charge in [0.05, 0.1) is 0 Å². The van der Waals surface area contributed by atoms with E-state index in [2.05, 4.69) is 20.2 Å². The first-order valence-electron chi connectivity index (χ1n) is 7.39. The lowest BCUT2D eigenvalue weighted by Gasteiger charge is -2.33. The highest BCUT2D eigenvalue weighted by Gasteiger charge is 2.28. The number of carboxylic acids is 1. The minimum atomic E-state index is -1.04. The van der Waals surface area contributed by atoms with Gasteiger partial charge in [-0.2, -0.15) is 0 Å². The number of aromatic carboxylic acids is 1. The van der Waals surface area contributed by atoms with E-state index in [9.17, 15) is 15.0 Å². The van der Waals surface area contributed by atoms with Crippen LogP contribution in [0.5, 0.6) is 0 Å². The first-order valence-corrected chi connectivity index (χ1v) is 7.39. The SMILES string of the molecule is Cn1c(CO)nnc1[C@H]1CCCN(c2ncncc2C(=O)O)C1. The maximum Gasteiger partial charge on any atom is 0.341 e. The predicted octanol–water partition coefficient (Wildman–Crippen LogP) is 0.180. The maximum atomic E-state index is 11.4. The van der Waals surface area contributed by atoms with Gasteiger partial charge in [0.1, 0.15) is 30.1 Å². The summed E-state index contributed by atoms with van der Waals surface area (Å²) in [6, 6.07) is 0. The van der Waals surface area contributed by atoms with Crippen molar-refractivity contribution in [2.45, 2.75) is 25.4 Å². The van der Waals surface area contributed by atoms with Crippen molar-refractivity contribution in [3.8, 4) is 0 Å². The number of hydrogen-bond acceptors (Lipinski definition) is 7. The molecule has 9 heteroatoms. The smallest absolute Gasteiger partial charge is 0.341 e. The van der Waals surface area contributed by atoms with Crippen LogP contribution in [0.15, 0.2) is 12.5 Å². The highest BCUT2D eigenvalue weighted by atomic mass is 16.4. The van der Waals surface area contributed by atoms with Crippen LogP contribution in [-0.2, 0) is 13.7 Å². The van der Waals surface area contributed by atoms with Gasteiger partial charge in [-0.3, -0.25) is 0 Å². The Kier molecular flexibility index (Phi) is 4.20. The highest BCUT2D eigenvalue weighted by Crippen LogP contribution is 2.29. The zero-order valence-electron chi connectivity index (χ0n) is 12.8. The zero-order valence-corrected chi connectivity index (χ0v) is 12.8. The Morgan fingerprint density at radius 2 is 2.26 bits per heavy atom. The third-order valence-electron chi connectivity index (χ3n) is 4.15. The van der Waals surface area contributed by atoms with Gasteiger partial charge in [-0.05, 0) is 12.8 Å². The van der Waals surface area contributed by atoms with Crippen LogP contribution in [0.2, 0.25) is 0 Å². The topological polar surface area (TPSA) is 117 Å². The van der Waals surface area contributed by atoms with Crippen LogP contribution >= 0.6 is 0 Å². The van der Waals surface area contributed by atoms with Gasteiger partial charge in [-0.1, -0.05) is 0 Å². The average Bonchev–Trinajstić information content (AvgIpc) is 2.95. The van der Waals surface area contributed by atoms with E-state index in [1.54, 1.807) is 4.57 Å². The van der Waals surface area contributed by atoms with Crippen molar-refractivity contribution in [1.82, 2.24) is 24.7 Å². The van der Waals surface area contributed by atoms with Gasteiger partial charge in [0.15, 0.2) is 5.82 Å².